The van der Waals surface area contributed by atoms with Gasteiger partial charge in [-0.1, -0.05) is 45.6 Å². The molecule has 2 fully saturated rings. The summed E-state index contributed by atoms with van der Waals surface area (Å²) in [4.78, 5) is 67.6. The third-order valence-electron chi connectivity index (χ3n) is 7.78. The second-order valence-electron chi connectivity index (χ2n) is 12.5. The van der Waals surface area contributed by atoms with Crippen molar-refractivity contribution in [2.45, 2.75) is 129 Å². The van der Waals surface area contributed by atoms with Crippen LogP contribution in [0.5, 0.6) is 0 Å². The van der Waals surface area contributed by atoms with Gasteiger partial charge in [-0.25, -0.2) is 4.79 Å². The predicted octanol–water partition coefficient (Wildman–Crippen LogP) is 5.13. The number of hydrogen-bond donors (Lipinski definition) is 3. The molecule has 1 saturated heterocycles. The lowest BCUT2D eigenvalue weighted by molar-refractivity contribution is -0.143. The van der Waals surface area contributed by atoms with Crippen LogP contribution in [0.3, 0.4) is 0 Å². The highest BCUT2D eigenvalue weighted by Crippen LogP contribution is 2.32. The first-order valence-corrected chi connectivity index (χ1v) is 16.9. The van der Waals surface area contributed by atoms with Crippen molar-refractivity contribution < 1.29 is 28.7 Å². The lowest BCUT2D eigenvalue weighted by Crippen LogP contribution is -2.58. The summed E-state index contributed by atoms with van der Waals surface area (Å²) in [7, 11) is 0. The minimum atomic E-state index is -1.02. The molecule has 1 aliphatic carbocycles. The van der Waals surface area contributed by atoms with Crippen molar-refractivity contribution in [1.29, 1.82) is 0 Å². The number of hydrogen-bond acceptors (Lipinski definition) is 6. The standard InChI is InChI=1S/C31H52N4O6.C2H2.CH3Cl/c1-7-10-17-23(26(36)28(38)32-18-9-3)33-27(37)24-19-21(14-8-2)20-35(24)29(39)25(22-15-12-11-13-16-22)34-30(40)41-31(4,5)6;2*1-2/h7,21-25H,1,8-20H2,2-6H3,(H,32,38)(H,33,37)(H,34,40);1-2H;1H3/t21-,23?,24?,25?;;/m1../s1. The van der Waals surface area contributed by atoms with E-state index in [1.54, 1.807) is 31.7 Å². The Balaban J connectivity index is 0.00000464. The number of allylic oxidation sites excluding steroid dienone is 1. The fourth-order valence-corrected chi connectivity index (χ4v) is 5.80. The van der Waals surface area contributed by atoms with Crippen molar-refractivity contribution in [3.05, 3.63) is 12.7 Å². The molecule has 2 aliphatic rings. The van der Waals surface area contributed by atoms with E-state index >= 15 is 0 Å². The number of alkyl halides is 1. The minimum Gasteiger partial charge on any atom is -0.444 e. The van der Waals surface area contributed by atoms with Gasteiger partial charge >= 0.3 is 6.09 Å². The van der Waals surface area contributed by atoms with Gasteiger partial charge < -0.3 is 25.6 Å². The predicted molar refractivity (Wildman–Crippen MR) is 180 cm³/mol. The zero-order valence-corrected chi connectivity index (χ0v) is 29.0. The molecule has 3 N–H and O–H groups in total. The van der Waals surface area contributed by atoms with Gasteiger partial charge in [-0.05, 0) is 77.6 Å². The van der Waals surface area contributed by atoms with Gasteiger partial charge in [-0.3, -0.25) is 19.2 Å². The van der Waals surface area contributed by atoms with E-state index in [4.69, 9.17) is 4.74 Å². The molecule has 256 valence electrons. The van der Waals surface area contributed by atoms with E-state index in [0.717, 1.165) is 44.9 Å². The first kappa shape index (κ1) is 41.9. The number of amides is 4. The molecule has 45 heavy (non-hydrogen) atoms. The Morgan fingerprint density at radius 2 is 1.64 bits per heavy atom. The monoisotopic (exact) mass is 652 g/mol. The Labute approximate surface area is 276 Å². The second-order valence-corrected chi connectivity index (χ2v) is 12.5. The lowest BCUT2D eigenvalue weighted by atomic mass is 9.83. The minimum absolute atomic E-state index is 0.0538. The molecule has 3 unspecified atom stereocenters. The summed E-state index contributed by atoms with van der Waals surface area (Å²) in [5.41, 5.74) is -0.719. The quantitative estimate of drug-likeness (QED) is 0.103. The molecule has 1 aliphatic heterocycles. The van der Waals surface area contributed by atoms with Gasteiger partial charge in [0.25, 0.3) is 5.91 Å². The largest absolute Gasteiger partial charge is 0.444 e. The maximum Gasteiger partial charge on any atom is 0.408 e. The van der Waals surface area contributed by atoms with Crippen LogP contribution in [0.25, 0.3) is 0 Å². The van der Waals surface area contributed by atoms with E-state index in [2.05, 4.69) is 53.9 Å². The van der Waals surface area contributed by atoms with Crippen molar-refractivity contribution in [3.63, 3.8) is 0 Å². The number of ether oxygens (including phenoxy) is 1. The molecule has 0 aromatic carbocycles. The summed E-state index contributed by atoms with van der Waals surface area (Å²) in [6.07, 6.45) is 18.7. The van der Waals surface area contributed by atoms with Crippen LogP contribution in [-0.2, 0) is 23.9 Å². The topological polar surface area (TPSA) is 134 Å². The number of nitrogens with one attached hydrogen (secondary N) is 3. The van der Waals surface area contributed by atoms with Crippen LogP contribution in [0, 0.1) is 24.7 Å². The zero-order valence-electron chi connectivity index (χ0n) is 28.3. The van der Waals surface area contributed by atoms with Gasteiger partial charge in [0.1, 0.15) is 17.7 Å². The number of ketones is 1. The highest BCUT2D eigenvalue weighted by atomic mass is 35.5. The molecule has 4 amide bonds. The smallest absolute Gasteiger partial charge is 0.408 e. The van der Waals surface area contributed by atoms with E-state index < -0.39 is 47.4 Å². The van der Waals surface area contributed by atoms with Crippen LogP contribution < -0.4 is 16.0 Å². The SMILES string of the molecule is C#C.C=CCCC(NC(=O)C1C[C@@H](CCC)CN1C(=O)C(NC(=O)OC(C)(C)C)C1CCCCC1)C(=O)C(=O)NCCC.CCl. The summed E-state index contributed by atoms with van der Waals surface area (Å²) < 4.78 is 5.49. The van der Waals surface area contributed by atoms with Gasteiger partial charge in [0.05, 0.1) is 6.04 Å². The van der Waals surface area contributed by atoms with E-state index in [-0.39, 0.29) is 24.2 Å². The first-order valence-electron chi connectivity index (χ1n) is 16.2. The summed E-state index contributed by atoms with van der Waals surface area (Å²) in [5, 5.41) is 8.22. The fraction of sp³-hybridized carbons (Fsp3) is 0.735. The van der Waals surface area contributed by atoms with Crippen LogP contribution in [0.15, 0.2) is 12.7 Å². The number of terminal acetylenes is 1. The summed E-state index contributed by atoms with van der Waals surface area (Å²) >= 11 is 4.64. The van der Waals surface area contributed by atoms with Crippen LogP contribution in [0.4, 0.5) is 4.79 Å². The zero-order chi connectivity index (χ0) is 34.6. The van der Waals surface area contributed by atoms with Gasteiger partial charge in [0.15, 0.2) is 0 Å². The van der Waals surface area contributed by atoms with E-state index in [9.17, 15) is 24.0 Å². The van der Waals surface area contributed by atoms with Crippen LogP contribution >= 0.6 is 11.6 Å². The highest BCUT2D eigenvalue weighted by Gasteiger charge is 2.44. The van der Waals surface area contributed by atoms with Gasteiger partial charge in [0, 0.05) is 19.5 Å². The second kappa shape index (κ2) is 22.4. The van der Waals surface area contributed by atoms with Crippen molar-refractivity contribution >= 4 is 41.2 Å². The molecule has 2 rings (SSSR count). The summed E-state index contributed by atoms with van der Waals surface area (Å²) in [6, 6.07) is -2.63. The molecule has 0 radical (unpaired) electrons. The number of carbonyl (C=O) groups excluding carboxylic acids is 5. The number of halogens is 1. The van der Waals surface area contributed by atoms with Crippen molar-refractivity contribution in [3.8, 4) is 12.8 Å². The van der Waals surface area contributed by atoms with E-state index in [0.29, 0.717) is 32.4 Å². The van der Waals surface area contributed by atoms with Crippen LogP contribution in [0.1, 0.15) is 105 Å². The average Bonchev–Trinajstić information content (AvgIpc) is 3.45. The summed E-state index contributed by atoms with van der Waals surface area (Å²) in [6.45, 7) is 13.7. The molecule has 4 atom stereocenters. The van der Waals surface area contributed by atoms with Crippen molar-refractivity contribution in [1.82, 2.24) is 20.9 Å². The summed E-state index contributed by atoms with van der Waals surface area (Å²) in [5.74, 6) is -2.13. The highest BCUT2D eigenvalue weighted by molar-refractivity contribution is 6.38. The molecule has 0 spiro atoms. The molecule has 0 aromatic heterocycles. The lowest BCUT2D eigenvalue weighted by Gasteiger charge is -2.35. The maximum absolute atomic E-state index is 14.2. The number of likely N-dealkylation sites (tertiary alicyclic amines) is 1. The molecule has 11 heteroatoms. The Hall–Kier alpha value is -3.06. The molecule has 1 saturated carbocycles. The van der Waals surface area contributed by atoms with E-state index in [1.165, 1.54) is 6.38 Å². The van der Waals surface area contributed by atoms with Crippen LogP contribution in [0.2, 0.25) is 0 Å². The Morgan fingerprint density at radius 1 is 1.02 bits per heavy atom. The fourth-order valence-electron chi connectivity index (χ4n) is 5.80. The van der Waals surface area contributed by atoms with Gasteiger partial charge in [-0.15, -0.1) is 31.0 Å². The number of rotatable bonds is 14. The number of Topliss-reactive ketones (excluding diaryl/α,β-unsaturated/α-hetero) is 1. The third-order valence-corrected chi connectivity index (χ3v) is 7.78. The van der Waals surface area contributed by atoms with Crippen molar-refractivity contribution in [2.24, 2.45) is 11.8 Å². The van der Waals surface area contributed by atoms with Crippen molar-refractivity contribution in [2.75, 3.05) is 19.5 Å². The third kappa shape index (κ3) is 14.7. The Bertz CT molecular complexity index is 973. The normalized spacial score (nSPS) is 19.3. The van der Waals surface area contributed by atoms with E-state index in [1.807, 2.05) is 6.92 Å². The number of carbonyl (C=O) groups is 5. The Morgan fingerprint density at radius 3 is 2.18 bits per heavy atom. The number of alkyl carbamates (subject to hydrolysis) is 1. The van der Waals surface area contributed by atoms with Crippen LogP contribution in [-0.4, -0.2) is 77.7 Å². The molecule has 0 bridgehead atoms. The Kier molecular flexibility index (Phi) is 20.9. The molecule has 0 aromatic rings. The first-order chi connectivity index (χ1) is 21.4. The molecular weight excluding hydrogens is 596 g/mol. The molecular formula is C34H57ClN4O6. The maximum atomic E-state index is 14.2. The molecule has 10 nitrogen and oxygen atoms in total. The number of nitrogens with zero attached hydrogens (tertiary/aromatic N) is 1. The van der Waals surface area contributed by atoms with Gasteiger partial charge in [0.2, 0.25) is 17.6 Å². The molecule has 1 heterocycles. The average molecular weight is 653 g/mol. The van der Waals surface area contributed by atoms with Gasteiger partial charge in [-0.2, -0.15) is 0 Å².